The normalized spacial score (nSPS) is 10.9. The first-order chi connectivity index (χ1) is 9.74. The van der Waals surface area contributed by atoms with E-state index in [4.69, 9.17) is 0 Å². The second kappa shape index (κ2) is 7.20. The fourth-order valence-electron chi connectivity index (χ4n) is 2.15. The molecule has 0 spiro atoms. The summed E-state index contributed by atoms with van der Waals surface area (Å²) in [5, 5.41) is 7.55. The van der Waals surface area contributed by atoms with Gasteiger partial charge in [0.1, 0.15) is 5.82 Å². The van der Waals surface area contributed by atoms with Crippen molar-refractivity contribution in [1.29, 1.82) is 0 Å². The quantitative estimate of drug-likeness (QED) is 0.782. The number of benzene rings is 1. The van der Waals surface area contributed by atoms with E-state index in [1.165, 1.54) is 6.07 Å². The van der Waals surface area contributed by atoms with Crippen LogP contribution in [0.1, 0.15) is 32.3 Å². The Morgan fingerprint density at radius 3 is 2.80 bits per heavy atom. The molecular weight excluding hydrogens is 253 g/mol. The molecule has 1 aromatic carbocycles. The highest BCUT2D eigenvalue weighted by Gasteiger charge is 2.07. The minimum Gasteiger partial charge on any atom is -0.313 e. The van der Waals surface area contributed by atoms with Gasteiger partial charge in [-0.1, -0.05) is 19.9 Å². The molecule has 0 unspecified atom stereocenters. The maximum absolute atomic E-state index is 13.8. The number of aromatic nitrogens is 2. The van der Waals surface area contributed by atoms with Gasteiger partial charge in [0.25, 0.3) is 0 Å². The van der Waals surface area contributed by atoms with Gasteiger partial charge in [0.2, 0.25) is 0 Å². The van der Waals surface area contributed by atoms with E-state index in [0.29, 0.717) is 12.1 Å². The fourth-order valence-corrected chi connectivity index (χ4v) is 2.15. The lowest BCUT2D eigenvalue weighted by Gasteiger charge is -2.07. The Morgan fingerprint density at radius 1 is 1.20 bits per heavy atom. The number of aryl methyl sites for hydroxylation is 1. The van der Waals surface area contributed by atoms with Crippen molar-refractivity contribution in [3.8, 4) is 11.1 Å². The number of rotatable bonds is 7. The van der Waals surface area contributed by atoms with E-state index in [9.17, 15) is 4.39 Å². The molecule has 0 bridgehead atoms. The highest BCUT2D eigenvalue weighted by Crippen LogP contribution is 2.21. The summed E-state index contributed by atoms with van der Waals surface area (Å²) in [6.45, 7) is 6.60. The smallest absolute Gasteiger partial charge is 0.127 e. The van der Waals surface area contributed by atoms with Gasteiger partial charge in [0.05, 0.1) is 6.20 Å². The summed E-state index contributed by atoms with van der Waals surface area (Å²) in [5.74, 6) is -0.154. The molecular formula is C16H22FN3. The first-order valence-electron chi connectivity index (χ1n) is 7.26. The number of halogens is 1. The number of hydrogen-bond acceptors (Lipinski definition) is 2. The lowest BCUT2D eigenvalue weighted by molar-refractivity contribution is 0.587. The summed E-state index contributed by atoms with van der Waals surface area (Å²) >= 11 is 0. The molecule has 0 fully saturated rings. The standard InChI is InChI=1S/C16H22FN3/c1-3-7-18-10-14-9-13(5-6-16(14)17)15-11-19-20(12-15)8-4-2/h5-6,9,11-12,18H,3-4,7-8,10H2,1-2H3. The van der Waals surface area contributed by atoms with Crippen molar-refractivity contribution < 1.29 is 4.39 Å². The number of hydrogen-bond donors (Lipinski definition) is 1. The zero-order valence-corrected chi connectivity index (χ0v) is 12.2. The molecule has 0 saturated heterocycles. The Hall–Kier alpha value is -1.68. The van der Waals surface area contributed by atoms with Gasteiger partial charge in [0.15, 0.2) is 0 Å². The van der Waals surface area contributed by atoms with Crippen molar-refractivity contribution in [1.82, 2.24) is 15.1 Å². The van der Waals surface area contributed by atoms with Gasteiger partial charge >= 0.3 is 0 Å². The third-order valence-electron chi connectivity index (χ3n) is 3.21. The predicted octanol–water partition coefficient (Wildman–Crippen LogP) is 3.60. The Kier molecular flexibility index (Phi) is 5.30. The van der Waals surface area contributed by atoms with E-state index in [2.05, 4.69) is 24.3 Å². The molecule has 3 nitrogen and oxygen atoms in total. The van der Waals surface area contributed by atoms with Crippen LogP contribution in [0.2, 0.25) is 0 Å². The van der Waals surface area contributed by atoms with Crippen molar-refractivity contribution in [2.45, 2.75) is 39.8 Å². The zero-order valence-electron chi connectivity index (χ0n) is 12.2. The molecule has 1 N–H and O–H groups in total. The van der Waals surface area contributed by atoms with Gasteiger partial charge in [-0.25, -0.2) is 4.39 Å². The molecule has 0 aliphatic rings. The molecule has 0 amide bonds. The zero-order chi connectivity index (χ0) is 14.4. The van der Waals surface area contributed by atoms with Crippen LogP contribution in [0, 0.1) is 5.82 Å². The van der Waals surface area contributed by atoms with E-state index in [1.54, 1.807) is 0 Å². The molecule has 20 heavy (non-hydrogen) atoms. The van der Waals surface area contributed by atoms with E-state index in [1.807, 2.05) is 29.2 Å². The maximum Gasteiger partial charge on any atom is 0.127 e. The second-order valence-corrected chi connectivity index (χ2v) is 4.98. The van der Waals surface area contributed by atoms with Crippen LogP contribution in [0.5, 0.6) is 0 Å². The van der Waals surface area contributed by atoms with Gasteiger partial charge in [0, 0.05) is 30.4 Å². The van der Waals surface area contributed by atoms with E-state index in [0.717, 1.165) is 37.1 Å². The van der Waals surface area contributed by atoms with Crippen molar-refractivity contribution in [3.05, 3.63) is 42.0 Å². The predicted molar refractivity (Wildman–Crippen MR) is 79.9 cm³/mol. The van der Waals surface area contributed by atoms with Crippen molar-refractivity contribution in [2.24, 2.45) is 0 Å². The molecule has 0 atom stereocenters. The monoisotopic (exact) mass is 275 g/mol. The topological polar surface area (TPSA) is 29.9 Å². The lowest BCUT2D eigenvalue weighted by Crippen LogP contribution is -2.14. The van der Waals surface area contributed by atoms with Crippen LogP contribution >= 0.6 is 0 Å². The maximum atomic E-state index is 13.8. The van der Waals surface area contributed by atoms with Gasteiger partial charge in [-0.05, 0) is 37.1 Å². The van der Waals surface area contributed by atoms with Crippen molar-refractivity contribution in [2.75, 3.05) is 6.54 Å². The van der Waals surface area contributed by atoms with Gasteiger partial charge in [-0.3, -0.25) is 4.68 Å². The summed E-state index contributed by atoms with van der Waals surface area (Å²) < 4.78 is 15.7. The van der Waals surface area contributed by atoms with Crippen LogP contribution in [0.3, 0.4) is 0 Å². The van der Waals surface area contributed by atoms with Crippen molar-refractivity contribution in [3.63, 3.8) is 0 Å². The highest BCUT2D eigenvalue weighted by molar-refractivity contribution is 5.62. The van der Waals surface area contributed by atoms with Gasteiger partial charge in [-0.15, -0.1) is 0 Å². The van der Waals surface area contributed by atoms with Crippen LogP contribution in [-0.4, -0.2) is 16.3 Å². The first kappa shape index (κ1) is 14.7. The van der Waals surface area contributed by atoms with E-state index >= 15 is 0 Å². The third-order valence-corrected chi connectivity index (χ3v) is 3.21. The molecule has 2 aromatic rings. The average molecular weight is 275 g/mol. The van der Waals surface area contributed by atoms with Crippen LogP contribution < -0.4 is 5.32 Å². The summed E-state index contributed by atoms with van der Waals surface area (Å²) in [5.41, 5.74) is 2.76. The Balaban J connectivity index is 2.16. The Morgan fingerprint density at radius 2 is 2.05 bits per heavy atom. The SMILES string of the molecule is CCCNCc1cc(-c2cnn(CCC)c2)ccc1F. The fraction of sp³-hybridized carbons (Fsp3) is 0.438. The molecule has 1 aromatic heterocycles. The lowest BCUT2D eigenvalue weighted by atomic mass is 10.1. The molecule has 0 radical (unpaired) electrons. The molecule has 2 rings (SSSR count). The van der Waals surface area contributed by atoms with Gasteiger partial charge in [-0.2, -0.15) is 5.10 Å². The molecule has 1 heterocycles. The van der Waals surface area contributed by atoms with Crippen molar-refractivity contribution >= 4 is 0 Å². The number of nitrogens with zero attached hydrogens (tertiary/aromatic N) is 2. The summed E-state index contributed by atoms with van der Waals surface area (Å²) in [6, 6.07) is 5.26. The van der Waals surface area contributed by atoms with E-state index < -0.39 is 0 Å². The number of nitrogens with one attached hydrogen (secondary N) is 1. The molecule has 4 heteroatoms. The minimum absolute atomic E-state index is 0.154. The summed E-state index contributed by atoms with van der Waals surface area (Å²) in [4.78, 5) is 0. The van der Waals surface area contributed by atoms with E-state index in [-0.39, 0.29) is 5.82 Å². The van der Waals surface area contributed by atoms with Gasteiger partial charge < -0.3 is 5.32 Å². The minimum atomic E-state index is -0.154. The van der Waals surface area contributed by atoms with Crippen LogP contribution in [0.15, 0.2) is 30.6 Å². The third kappa shape index (κ3) is 3.67. The average Bonchev–Trinajstić information content (AvgIpc) is 2.90. The molecule has 0 saturated carbocycles. The highest BCUT2D eigenvalue weighted by atomic mass is 19.1. The Labute approximate surface area is 119 Å². The molecule has 0 aliphatic heterocycles. The Bertz CT molecular complexity index is 548. The second-order valence-electron chi connectivity index (χ2n) is 4.98. The summed E-state index contributed by atoms with van der Waals surface area (Å²) in [6.07, 6.45) is 5.95. The van der Waals surface area contributed by atoms with Crippen LogP contribution in [0.25, 0.3) is 11.1 Å². The molecule has 0 aliphatic carbocycles. The largest absolute Gasteiger partial charge is 0.313 e. The first-order valence-corrected chi connectivity index (χ1v) is 7.26. The van der Waals surface area contributed by atoms with Crippen LogP contribution in [-0.2, 0) is 13.1 Å². The van der Waals surface area contributed by atoms with Crippen LogP contribution in [0.4, 0.5) is 4.39 Å². The molecule has 108 valence electrons. The summed E-state index contributed by atoms with van der Waals surface area (Å²) in [7, 11) is 0.